The molecular formula is C20H25N3O3. The summed E-state index contributed by atoms with van der Waals surface area (Å²) < 4.78 is 10.6. The van der Waals surface area contributed by atoms with Crippen LogP contribution in [0.4, 0.5) is 0 Å². The quantitative estimate of drug-likeness (QED) is 0.823. The van der Waals surface area contributed by atoms with Gasteiger partial charge in [-0.3, -0.25) is 4.79 Å². The second-order valence-corrected chi connectivity index (χ2v) is 7.37. The molecule has 2 aliphatic rings. The maximum Gasteiger partial charge on any atom is 0.257 e. The molecule has 26 heavy (non-hydrogen) atoms. The Hall–Kier alpha value is -2.37. The van der Waals surface area contributed by atoms with E-state index in [2.05, 4.69) is 10.1 Å². The zero-order valence-electron chi connectivity index (χ0n) is 15.2. The van der Waals surface area contributed by atoms with Gasteiger partial charge in [0, 0.05) is 31.0 Å². The minimum absolute atomic E-state index is 0.264. The number of benzene rings is 1. The molecule has 1 aromatic carbocycles. The van der Waals surface area contributed by atoms with Crippen LogP contribution >= 0.6 is 0 Å². The zero-order chi connectivity index (χ0) is 17.9. The van der Waals surface area contributed by atoms with E-state index in [0.29, 0.717) is 17.7 Å². The van der Waals surface area contributed by atoms with Crippen LogP contribution in [0.2, 0.25) is 0 Å². The maximum absolute atomic E-state index is 12.6. The van der Waals surface area contributed by atoms with Gasteiger partial charge in [-0.05, 0) is 49.4 Å². The third-order valence-electron chi connectivity index (χ3n) is 5.58. The molecule has 2 heterocycles. The van der Waals surface area contributed by atoms with Crippen LogP contribution in [0, 0.1) is 11.8 Å². The number of methoxy groups -OCH3 is 1. The van der Waals surface area contributed by atoms with Gasteiger partial charge in [0.25, 0.3) is 5.89 Å². The fourth-order valence-electron chi connectivity index (χ4n) is 4.08. The van der Waals surface area contributed by atoms with Crippen molar-refractivity contribution in [3.63, 3.8) is 0 Å². The van der Waals surface area contributed by atoms with Crippen LogP contribution in [-0.2, 0) is 11.2 Å². The lowest BCUT2D eigenvalue weighted by Gasteiger charge is -2.20. The largest absolute Gasteiger partial charge is 0.497 e. The lowest BCUT2D eigenvalue weighted by molar-refractivity contribution is -0.134. The first-order chi connectivity index (χ1) is 12.7. The molecule has 4 rings (SSSR count). The molecule has 138 valence electrons. The fourth-order valence-corrected chi connectivity index (χ4v) is 4.08. The molecule has 0 spiro atoms. The molecule has 6 heteroatoms. The van der Waals surface area contributed by atoms with E-state index < -0.39 is 0 Å². The first-order valence-corrected chi connectivity index (χ1v) is 9.48. The monoisotopic (exact) mass is 355 g/mol. The summed E-state index contributed by atoms with van der Waals surface area (Å²) in [6.45, 7) is 1.69. The summed E-state index contributed by atoms with van der Waals surface area (Å²) >= 11 is 0. The lowest BCUT2D eigenvalue weighted by Crippen LogP contribution is -2.33. The third kappa shape index (κ3) is 3.59. The van der Waals surface area contributed by atoms with Gasteiger partial charge >= 0.3 is 0 Å². The van der Waals surface area contributed by atoms with Crippen molar-refractivity contribution in [1.82, 2.24) is 15.0 Å². The van der Waals surface area contributed by atoms with E-state index in [1.165, 1.54) is 12.8 Å². The van der Waals surface area contributed by atoms with Crippen molar-refractivity contribution in [3.8, 4) is 17.2 Å². The van der Waals surface area contributed by atoms with Crippen molar-refractivity contribution >= 4 is 5.91 Å². The maximum atomic E-state index is 12.6. The number of nitrogens with zero attached hydrogens (tertiary/aromatic N) is 3. The van der Waals surface area contributed by atoms with E-state index >= 15 is 0 Å². The molecule has 2 fully saturated rings. The highest BCUT2D eigenvalue weighted by molar-refractivity contribution is 5.79. The summed E-state index contributed by atoms with van der Waals surface area (Å²) in [5.74, 6) is 3.08. The summed E-state index contributed by atoms with van der Waals surface area (Å²) in [4.78, 5) is 19.1. The lowest BCUT2D eigenvalue weighted by atomic mass is 10.0. The predicted molar refractivity (Wildman–Crippen MR) is 96.6 cm³/mol. The highest BCUT2D eigenvalue weighted by atomic mass is 16.5. The second kappa shape index (κ2) is 7.48. The van der Waals surface area contributed by atoms with Crippen molar-refractivity contribution in [3.05, 3.63) is 30.1 Å². The van der Waals surface area contributed by atoms with Crippen LogP contribution in [0.3, 0.4) is 0 Å². The Morgan fingerprint density at radius 3 is 2.73 bits per heavy atom. The third-order valence-corrected chi connectivity index (χ3v) is 5.58. The van der Waals surface area contributed by atoms with Crippen LogP contribution in [0.25, 0.3) is 11.5 Å². The molecule has 1 atom stereocenters. The molecule has 2 aromatic rings. The second-order valence-electron chi connectivity index (χ2n) is 7.37. The Balaban J connectivity index is 1.35. The summed E-state index contributed by atoms with van der Waals surface area (Å²) in [6, 6.07) is 7.58. The number of hydrogen-bond donors (Lipinski definition) is 0. The van der Waals surface area contributed by atoms with Crippen molar-refractivity contribution in [2.75, 3.05) is 20.2 Å². The van der Waals surface area contributed by atoms with Crippen LogP contribution < -0.4 is 4.74 Å². The van der Waals surface area contributed by atoms with E-state index in [1.54, 1.807) is 7.11 Å². The number of aromatic nitrogens is 2. The molecule has 1 saturated carbocycles. The van der Waals surface area contributed by atoms with Gasteiger partial charge in [0.2, 0.25) is 5.91 Å². The van der Waals surface area contributed by atoms with E-state index in [0.717, 1.165) is 55.9 Å². The van der Waals surface area contributed by atoms with E-state index in [1.807, 2.05) is 29.2 Å². The van der Waals surface area contributed by atoms with Crippen molar-refractivity contribution < 1.29 is 14.1 Å². The normalized spacial score (nSPS) is 20.7. The van der Waals surface area contributed by atoms with Crippen LogP contribution in [0.15, 0.2) is 28.8 Å². The van der Waals surface area contributed by atoms with E-state index in [9.17, 15) is 4.79 Å². The summed E-state index contributed by atoms with van der Waals surface area (Å²) in [5, 5.41) is 4.13. The molecule has 1 aliphatic heterocycles. The van der Waals surface area contributed by atoms with E-state index in [-0.39, 0.29) is 5.92 Å². The highest BCUT2D eigenvalue weighted by Crippen LogP contribution is 2.30. The van der Waals surface area contributed by atoms with Crippen LogP contribution in [-0.4, -0.2) is 41.1 Å². The minimum atomic E-state index is 0.264. The molecule has 6 nitrogen and oxygen atoms in total. The first-order valence-electron chi connectivity index (χ1n) is 9.48. The molecule has 1 unspecified atom stereocenters. The van der Waals surface area contributed by atoms with Gasteiger partial charge in [0.15, 0.2) is 5.82 Å². The van der Waals surface area contributed by atoms with Crippen molar-refractivity contribution in [2.45, 2.75) is 38.5 Å². The molecule has 0 N–H and O–H groups in total. The number of carbonyl (C=O) groups excluding carboxylic acids is 1. The van der Waals surface area contributed by atoms with Gasteiger partial charge in [-0.2, -0.15) is 4.98 Å². The average Bonchev–Trinajstić information content (AvgIpc) is 3.43. The number of ether oxygens (including phenoxy) is 1. The molecule has 1 saturated heterocycles. The number of likely N-dealkylation sites (tertiary alicyclic amines) is 1. The van der Waals surface area contributed by atoms with E-state index in [4.69, 9.17) is 9.26 Å². The van der Waals surface area contributed by atoms with Crippen molar-refractivity contribution in [2.24, 2.45) is 11.8 Å². The van der Waals surface area contributed by atoms with Gasteiger partial charge < -0.3 is 14.2 Å². The smallest absolute Gasteiger partial charge is 0.257 e. The Bertz CT molecular complexity index is 750. The number of rotatable bonds is 5. The summed E-state index contributed by atoms with van der Waals surface area (Å²) in [5.41, 5.74) is 0.883. The predicted octanol–water partition coefficient (Wildman–Crippen LogP) is 3.33. The van der Waals surface area contributed by atoms with Crippen LogP contribution in [0.5, 0.6) is 5.75 Å². The Labute approximate surface area is 153 Å². The standard InChI is InChI=1S/C20H25N3O3/c1-25-17-8-6-15(7-9-17)19-21-18(22-26-19)12-14-10-11-23(13-14)20(24)16-4-2-3-5-16/h6-9,14,16H,2-5,10-13H2,1H3. The number of carbonyl (C=O) groups is 1. The van der Waals surface area contributed by atoms with Gasteiger partial charge in [0.05, 0.1) is 7.11 Å². The topological polar surface area (TPSA) is 68.5 Å². The van der Waals surface area contributed by atoms with Crippen LogP contribution in [0.1, 0.15) is 37.9 Å². The highest BCUT2D eigenvalue weighted by Gasteiger charge is 2.32. The van der Waals surface area contributed by atoms with Gasteiger partial charge in [-0.1, -0.05) is 18.0 Å². The molecule has 1 amide bonds. The summed E-state index contributed by atoms with van der Waals surface area (Å²) in [6.07, 6.45) is 6.31. The first kappa shape index (κ1) is 17.1. The number of hydrogen-bond acceptors (Lipinski definition) is 5. The minimum Gasteiger partial charge on any atom is -0.497 e. The summed E-state index contributed by atoms with van der Waals surface area (Å²) in [7, 11) is 1.64. The van der Waals surface area contributed by atoms with Crippen molar-refractivity contribution in [1.29, 1.82) is 0 Å². The number of amides is 1. The Morgan fingerprint density at radius 1 is 1.23 bits per heavy atom. The van der Waals surface area contributed by atoms with Gasteiger partial charge in [-0.25, -0.2) is 0 Å². The molecular weight excluding hydrogens is 330 g/mol. The molecule has 1 aromatic heterocycles. The Morgan fingerprint density at radius 2 is 2.00 bits per heavy atom. The SMILES string of the molecule is COc1ccc(-c2nc(CC3CCN(C(=O)C4CCCC4)C3)no2)cc1. The Kier molecular flexibility index (Phi) is 4.91. The fraction of sp³-hybridized carbons (Fsp3) is 0.550. The van der Waals surface area contributed by atoms with Gasteiger partial charge in [-0.15, -0.1) is 0 Å². The van der Waals surface area contributed by atoms with Gasteiger partial charge in [0.1, 0.15) is 5.75 Å². The molecule has 0 bridgehead atoms. The molecule has 1 aliphatic carbocycles. The molecule has 0 radical (unpaired) electrons. The zero-order valence-corrected chi connectivity index (χ0v) is 15.2. The average molecular weight is 355 g/mol.